The monoisotopic (exact) mass is 258 g/mol. The van der Waals surface area contributed by atoms with Gasteiger partial charge in [0.2, 0.25) is 0 Å². The summed E-state index contributed by atoms with van der Waals surface area (Å²) in [6, 6.07) is 0. The highest BCUT2D eigenvalue weighted by Gasteiger charge is 2.06. The van der Waals surface area contributed by atoms with Crippen molar-refractivity contribution < 1.29 is 24.5 Å². The molecule has 1 atom stereocenters. The smallest absolute Gasteiger partial charge is 0.330 e. The summed E-state index contributed by atoms with van der Waals surface area (Å²) in [6.45, 7) is 3.26. The van der Waals surface area contributed by atoms with Crippen LogP contribution in [0.1, 0.15) is 44.9 Å². The molecule has 18 heavy (non-hydrogen) atoms. The number of aliphatic hydroxyl groups excluding tert-OH is 1. The predicted octanol–water partition coefficient (Wildman–Crippen LogP) is 1.89. The SMILES string of the molecule is C=CC(=O)OCC(O)CCCCCCCC(=O)O. The molecule has 5 nitrogen and oxygen atoms in total. The Morgan fingerprint density at radius 3 is 2.39 bits per heavy atom. The Bertz CT molecular complexity index is 262. The van der Waals surface area contributed by atoms with Gasteiger partial charge in [0.25, 0.3) is 0 Å². The number of carboxylic acid groups (broad SMARTS) is 1. The van der Waals surface area contributed by atoms with Crippen molar-refractivity contribution in [2.75, 3.05) is 6.61 Å². The third-order valence-electron chi connectivity index (χ3n) is 2.51. The molecule has 0 bridgehead atoms. The summed E-state index contributed by atoms with van der Waals surface area (Å²) < 4.78 is 4.70. The molecule has 0 spiro atoms. The van der Waals surface area contributed by atoms with E-state index in [1.807, 2.05) is 0 Å². The summed E-state index contributed by atoms with van der Waals surface area (Å²) in [4.78, 5) is 21.0. The van der Waals surface area contributed by atoms with Gasteiger partial charge < -0.3 is 14.9 Å². The van der Waals surface area contributed by atoms with Gasteiger partial charge in [-0.15, -0.1) is 0 Å². The van der Waals surface area contributed by atoms with E-state index < -0.39 is 18.0 Å². The molecule has 0 aromatic carbocycles. The molecule has 0 fully saturated rings. The lowest BCUT2D eigenvalue weighted by atomic mass is 10.1. The van der Waals surface area contributed by atoms with Gasteiger partial charge in [-0.1, -0.05) is 32.3 Å². The van der Waals surface area contributed by atoms with E-state index in [4.69, 9.17) is 9.84 Å². The fourth-order valence-corrected chi connectivity index (χ4v) is 1.51. The van der Waals surface area contributed by atoms with Crippen LogP contribution in [0.2, 0.25) is 0 Å². The number of carbonyl (C=O) groups is 2. The van der Waals surface area contributed by atoms with Gasteiger partial charge >= 0.3 is 11.9 Å². The minimum Gasteiger partial charge on any atom is -0.481 e. The molecular formula is C13H22O5. The van der Waals surface area contributed by atoms with E-state index in [-0.39, 0.29) is 13.0 Å². The molecule has 0 aromatic heterocycles. The average molecular weight is 258 g/mol. The van der Waals surface area contributed by atoms with Crippen molar-refractivity contribution in [3.8, 4) is 0 Å². The number of unbranched alkanes of at least 4 members (excludes halogenated alkanes) is 4. The van der Waals surface area contributed by atoms with Crippen LogP contribution in [-0.2, 0) is 14.3 Å². The lowest BCUT2D eigenvalue weighted by molar-refractivity contribution is -0.141. The first-order valence-corrected chi connectivity index (χ1v) is 6.25. The second-order valence-corrected chi connectivity index (χ2v) is 4.19. The molecule has 0 saturated carbocycles. The first kappa shape index (κ1) is 16.6. The summed E-state index contributed by atoms with van der Waals surface area (Å²) in [6.07, 6.45) is 5.60. The zero-order valence-corrected chi connectivity index (χ0v) is 10.6. The molecule has 1 unspecified atom stereocenters. The van der Waals surface area contributed by atoms with Crippen molar-refractivity contribution in [2.45, 2.75) is 51.0 Å². The van der Waals surface area contributed by atoms with E-state index in [1.54, 1.807) is 0 Å². The Hall–Kier alpha value is -1.36. The molecule has 0 aromatic rings. The fraction of sp³-hybridized carbons (Fsp3) is 0.692. The van der Waals surface area contributed by atoms with Crippen LogP contribution in [0.4, 0.5) is 0 Å². The highest BCUT2D eigenvalue weighted by molar-refractivity contribution is 5.81. The topological polar surface area (TPSA) is 83.8 Å². The van der Waals surface area contributed by atoms with Crippen molar-refractivity contribution in [1.82, 2.24) is 0 Å². The van der Waals surface area contributed by atoms with Gasteiger partial charge in [0.1, 0.15) is 6.61 Å². The largest absolute Gasteiger partial charge is 0.481 e. The van der Waals surface area contributed by atoms with Crippen LogP contribution in [0.5, 0.6) is 0 Å². The molecule has 0 radical (unpaired) electrons. The molecule has 104 valence electrons. The molecule has 0 aliphatic heterocycles. The normalized spacial score (nSPS) is 11.8. The zero-order valence-electron chi connectivity index (χ0n) is 10.6. The minimum atomic E-state index is -0.755. The molecule has 5 heteroatoms. The van der Waals surface area contributed by atoms with E-state index in [1.165, 1.54) is 0 Å². The van der Waals surface area contributed by atoms with Gasteiger partial charge in [-0.2, -0.15) is 0 Å². The van der Waals surface area contributed by atoms with Crippen LogP contribution in [-0.4, -0.2) is 34.9 Å². The third-order valence-corrected chi connectivity index (χ3v) is 2.51. The van der Waals surface area contributed by atoms with Gasteiger partial charge in [-0.3, -0.25) is 4.79 Å². The lowest BCUT2D eigenvalue weighted by Gasteiger charge is -2.09. The molecule has 0 saturated heterocycles. The van der Waals surface area contributed by atoms with Crippen molar-refractivity contribution in [3.63, 3.8) is 0 Å². The van der Waals surface area contributed by atoms with Crippen molar-refractivity contribution >= 4 is 11.9 Å². The van der Waals surface area contributed by atoms with E-state index in [9.17, 15) is 14.7 Å². The van der Waals surface area contributed by atoms with Crippen LogP contribution in [0, 0.1) is 0 Å². The molecule has 0 rings (SSSR count). The minimum absolute atomic E-state index is 0.00384. The maximum atomic E-state index is 10.7. The van der Waals surface area contributed by atoms with Crippen LogP contribution < -0.4 is 0 Å². The second kappa shape index (κ2) is 10.8. The Morgan fingerprint density at radius 2 is 1.78 bits per heavy atom. The Labute approximate surface area is 107 Å². The van der Waals surface area contributed by atoms with E-state index in [2.05, 4.69) is 6.58 Å². The summed E-state index contributed by atoms with van der Waals surface area (Å²) in [5.41, 5.74) is 0. The maximum absolute atomic E-state index is 10.7. The van der Waals surface area contributed by atoms with E-state index >= 15 is 0 Å². The van der Waals surface area contributed by atoms with Gasteiger partial charge in [0, 0.05) is 12.5 Å². The Morgan fingerprint density at radius 1 is 1.17 bits per heavy atom. The second-order valence-electron chi connectivity index (χ2n) is 4.19. The molecule has 0 heterocycles. The van der Waals surface area contributed by atoms with Crippen LogP contribution in [0.15, 0.2) is 12.7 Å². The molecule has 0 aliphatic carbocycles. The summed E-state index contributed by atoms with van der Waals surface area (Å²) >= 11 is 0. The maximum Gasteiger partial charge on any atom is 0.330 e. The van der Waals surface area contributed by atoms with Crippen molar-refractivity contribution in [2.24, 2.45) is 0 Å². The molecule has 0 aliphatic rings. The number of carboxylic acids is 1. The van der Waals surface area contributed by atoms with Crippen LogP contribution in [0.25, 0.3) is 0 Å². The standard InChI is InChI=1S/C13H22O5/c1-2-13(17)18-10-11(14)8-6-4-3-5-7-9-12(15)16/h2,11,14H,1,3-10H2,(H,15,16). The van der Waals surface area contributed by atoms with E-state index in [0.29, 0.717) is 12.8 Å². The molecular weight excluding hydrogens is 236 g/mol. The van der Waals surface area contributed by atoms with Crippen LogP contribution in [0.3, 0.4) is 0 Å². The summed E-state index contributed by atoms with van der Waals surface area (Å²) in [5, 5.41) is 17.9. The number of hydrogen-bond donors (Lipinski definition) is 2. The van der Waals surface area contributed by atoms with Crippen molar-refractivity contribution in [3.05, 3.63) is 12.7 Å². The number of carbonyl (C=O) groups excluding carboxylic acids is 1. The number of aliphatic hydroxyl groups is 1. The number of rotatable bonds is 11. The predicted molar refractivity (Wildman–Crippen MR) is 67.1 cm³/mol. The zero-order chi connectivity index (χ0) is 13.8. The van der Waals surface area contributed by atoms with Gasteiger partial charge in [-0.25, -0.2) is 4.79 Å². The molecule has 2 N–H and O–H groups in total. The number of esters is 1. The van der Waals surface area contributed by atoms with Gasteiger partial charge in [-0.05, 0) is 12.8 Å². The van der Waals surface area contributed by atoms with Crippen LogP contribution >= 0.6 is 0 Å². The first-order valence-electron chi connectivity index (χ1n) is 6.25. The number of aliphatic carboxylic acids is 1. The van der Waals surface area contributed by atoms with Gasteiger partial charge in [0.05, 0.1) is 6.10 Å². The quantitative estimate of drug-likeness (QED) is 0.336. The number of hydrogen-bond acceptors (Lipinski definition) is 4. The summed E-state index contributed by atoms with van der Waals surface area (Å²) in [5.74, 6) is -1.28. The number of ether oxygens (including phenoxy) is 1. The van der Waals surface area contributed by atoms with Gasteiger partial charge in [0.15, 0.2) is 0 Å². The van der Waals surface area contributed by atoms with Crippen molar-refractivity contribution in [1.29, 1.82) is 0 Å². The Kier molecular flexibility index (Phi) is 9.96. The fourth-order valence-electron chi connectivity index (χ4n) is 1.51. The molecule has 0 amide bonds. The van der Waals surface area contributed by atoms with E-state index in [0.717, 1.165) is 31.8 Å². The summed E-state index contributed by atoms with van der Waals surface area (Å²) in [7, 11) is 0. The Balaban J connectivity index is 3.29. The highest BCUT2D eigenvalue weighted by atomic mass is 16.5. The first-order chi connectivity index (χ1) is 8.56. The highest BCUT2D eigenvalue weighted by Crippen LogP contribution is 2.09. The average Bonchev–Trinajstić information content (AvgIpc) is 2.34. The lowest BCUT2D eigenvalue weighted by Crippen LogP contribution is -2.17. The third kappa shape index (κ3) is 11.1.